The van der Waals surface area contributed by atoms with Crippen molar-refractivity contribution in [3.8, 4) is 11.3 Å². The van der Waals surface area contributed by atoms with Gasteiger partial charge in [-0.3, -0.25) is 9.97 Å². The lowest BCUT2D eigenvalue weighted by Crippen LogP contribution is -2.26. The van der Waals surface area contributed by atoms with E-state index >= 15 is 0 Å². The maximum absolute atomic E-state index is 6.26. The molecule has 0 amide bonds. The largest absolute Gasteiger partial charge is 0.380 e. The summed E-state index contributed by atoms with van der Waals surface area (Å²) in [6.45, 7) is 6.37. The molecule has 0 unspecified atom stereocenters. The number of nitrogens with zero attached hydrogens (tertiary/aromatic N) is 3. The molecule has 0 bridgehead atoms. The summed E-state index contributed by atoms with van der Waals surface area (Å²) in [4.78, 5) is 12.9. The number of anilines is 1. The molecule has 0 aliphatic rings. The van der Waals surface area contributed by atoms with Crippen LogP contribution >= 0.6 is 11.6 Å². The van der Waals surface area contributed by atoms with Crippen molar-refractivity contribution in [1.82, 2.24) is 15.0 Å². The van der Waals surface area contributed by atoms with Crippen molar-refractivity contribution in [2.45, 2.75) is 26.3 Å². The van der Waals surface area contributed by atoms with E-state index in [0.29, 0.717) is 5.02 Å². The molecule has 1 N–H and O–H groups in total. The van der Waals surface area contributed by atoms with Gasteiger partial charge in [0.05, 0.1) is 22.4 Å². The van der Waals surface area contributed by atoms with E-state index in [1.54, 1.807) is 24.8 Å². The van der Waals surface area contributed by atoms with E-state index in [1.165, 1.54) is 0 Å². The van der Waals surface area contributed by atoms with Crippen LogP contribution in [0.5, 0.6) is 0 Å². The third kappa shape index (κ3) is 3.02. The number of aromatic nitrogens is 3. The normalized spacial score (nSPS) is 11.6. The molecule has 22 heavy (non-hydrogen) atoms. The minimum Gasteiger partial charge on any atom is -0.380 e. The quantitative estimate of drug-likeness (QED) is 0.754. The van der Waals surface area contributed by atoms with Crippen LogP contribution < -0.4 is 5.32 Å². The minimum atomic E-state index is -0.0587. The van der Waals surface area contributed by atoms with Crippen LogP contribution in [-0.2, 0) is 0 Å². The fourth-order valence-corrected chi connectivity index (χ4v) is 2.52. The van der Waals surface area contributed by atoms with Gasteiger partial charge in [0.2, 0.25) is 0 Å². The van der Waals surface area contributed by atoms with Crippen LogP contribution in [-0.4, -0.2) is 20.5 Å². The Morgan fingerprint density at radius 3 is 2.50 bits per heavy atom. The number of halogens is 1. The lowest BCUT2D eigenvalue weighted by molar-refractivity contribution is 0.635. The Kier molecular flexibility index (Phi) is 3.71. The first kappa shape index (κ1) is 14.7. The number of nitrogens with one attached hydrogen (secondary N) is 1. The molecule has 112 valence electrons. The second kappa shape index (κ2) is 5.54. The number of hydrogen-bond acceptors (Lipinski definition) is 4. The molecule has 3 aromatic rings. The third-order valence-electron chi connectivity index (χ3n) is 3.17. The third-order valence-corrected chi connectivity index (χ3v) is 3.47. The maximum Gasteiger partial charge on any atom is 0.0913 e. The zero-order valence-corrected chi connectivity index (χ0v) is 13.5. The van der Waals surface area contributed by atoms with E-state index in [4.69, 9.17) is 11.6 Å². The minimum absolute atomic E-state index is 0.0587. The van der Waals surface area contributed by atoms with Crippen molar-refractivity contribution in [2.75, 3.05) is 5.32 Å². The molecule has 0 radical (unpaired) electrons. The summed E-state index contributed by atoms with van der Waals surface area (Å²) in [5.41, 5.74) is 3.46. The number of fused-ring (bicyclic) bond motifs is 1. The molecule has 3 heterocycles. The molecule has 4 nitrogen and oxygen atoms in total. The van der Waals surface area contributed by atoms with Crippen LogP contribution in [0.3, 0.4) is 0 Å². The molecule has 3 rings (SSSR count). The predicted molar refractivity (Wildman–Crippen MR) is 91.2 cm³/mol. The number of pyridine rings is 3. The van der Waals surface area contributed by atoms with Gasteiger partial charge in [0.1, 0.15) is 0 Å². The summed E-state index contributed by atoms with van der Waals surface area (Å²) in [5, 5.41) is 5.15. The highest BCUT2D eigenvalue weighted by atomic mass is 35.5. The van der Waals surface area contributed by atoms with Gasteiger partial charge in [0, 0.05) is 40.8 Å². The van der Waals surface area contributed by atoms with E-state index in [-0.39, 0.29) is 5.54 Å². The van der Waals surface area contributed by atoms with Gasteiger partial charge in [-0.25, -0.2) is 4.98 Å². The lowest BCUT2D eigenvalue weighted by Gasteiger charge is -2.23. The Labute approximate surface area is 134 Å². The van der Waals surface area contributed by atoms with Gasteiger partial charge >= 0.3 is 0 Å². The van der Waals surface area contributed by atoms with Crippen molar-refractivity contribution in [3.63, 3.8) is 0 Å². The number of rotatable bonds is 2. The van der Waals surface area contributed by atoms with Crippen LogP contribution in [0.4, 0.5) is 5.69 Å². The molecule has 0 saturated carbocycles. The Morgan fingerprint density at radius 2 is 1.77 bits per heavy atom. The first-order valence-corrected chi connectivity index (χ1v) is 7.45. The molecule has 0 aromatic carbocycles. The van der Waals surface area contributed by atoms with E-state index in [2.05, 4.69) is 41.0 Å². The monoisotopic (exact) mass is 312 g/mol. The van der Waals surface area contributed by atoms with E-state index < -0.39 is 0 Å². The molecule has 0 aliphatic heterocycles. The maximum atomic E-state index is 6.26. The van der Waals surface area contributed by atoms with Crippen molar-refractivity contribution in [2.24, 2.45) is 0 Å². The van der Waals surface area contributed by atoms with Gasteiger partial charge in [0.15, 0.2) is 0 Å². The Hall–Kier alpha value is -2.20. The molecule has 0 fully saturated rings. The summed E-state index contributed by atoms with van der Waals surface area (Å²) in [5.74, 6) is 0. The fourth-order valence-electron chi connectivity index (χ4n) is 2.31. The number of hydrogen-bond donors (Lipinski definition) is 1. The molecular weight excluding hydrogens is 296 g/mol. The summed E-state index contributed by atoms with van der Waals surface area (Å²) in [6, 6.07) is 5.86. The van der Waals surface area contributed by atoms with E-state index in [1.807, 2.05) is 18.2 Å². The van der Waals surface area contributed by atoms with Crippen LogP contribution in [0.1, 0.15) is 20.8 Å². The average molecular weight is 313 g/mol. The van der Waals surface area contributed by atoms with Gasteiger partial charge in [-0.05, 0) is 39.0 Å². The first-order valence-electron chi connectivity index (χ1n) is 7.07. The summed E-state index contributed by atoms with van der Waals surface area (Å²) < 4.78 is 0. The van der Waals surface area contributed by atoms with Crippen molar-refractivity contribution in [1.29, 1.82) is 0 Å². The summed E-state index contributed by atoms with van der Waals surface area (Å²) in [7, 11) is 0. The van der Waals surface area contributed by atoms with E-state index in [9.17, 15) is 0 Å². The lowest BCUT2D eigenvalue weighted by atomic mass is 10.1. The van der Waals surface area contributed by atoms with Gasteiger partial charge in [-0.1, -0.05) is 11.6 Å². The standard InChI is InChI=1S/C17H17ClN4/c1-17(2,3)22-15-8-14(11-4-6-19-9-13(11)18)21-16-10-20-7-5-12(15)16/h4-10H,1-3H3,(H,21,22). The van der Waals surface area contributed by atoms with Gasteiger partial charge in [0.25, 0.3) is 0 Å². The molecule has 5 heteroatoms. The zero-order chi connectivity index (χ0) is 15.7. The van der Waals surface area contributed by atoms with E-state index in [0.717, 1.165) is 27.8 Å². The average Bonchev–Trinajstić information content (AvgIpc) is 2.46. The highest BCUT2D eigenvalue weighted by molar-refractivity contribution is 6.33. The van der Waals surface area contributed by atoms with Gasteiger partial charge < -0.3 is 5.32 Å². The van der Waals surface area contributed by atoms with Gasteiger partial charge in [-0.2, -0.15) is 0 Å². The Balaban J connectivity index is 2.23. The van der Waals surface area contributed by atoms with Crippen molar-refractivity contribution >= 4 is 28.2 Å². The van der Waals surface area contributed by atoms with Gasteiger partial charge in [-0.15, -0.1) is 0 Å². The van der Waals surface area contributed by atoms with Crippen molar-refractivity contribution in [3.05, 3.63) is 48.0 Å². The van der Waals surface area contributed by atoms with Crippen molar-refractivity contribution < 1.29 is 0 Å². The fraction of sp³-hybridized carbons (Fsp3) is 0.235. The Morgan fingerprint density at radius 1 is 1.05 bits per heavy atom. The molecule has 0 saturated heterocycles. The summed E-state index contributed by atoms with van der Waals surface area (Å²) >= 11 is 6.26. The topological polar surface area (TPSA) is 50.7 Å². The highest BCUT2D eigenvalue weighted by Gasteiger charge is 2.15. The second-order valence-electron chi connectivity index (χ2n) is 6.18. The summed E-state index contributed by atoms with van der Waals surface area (Å²) in [6.07, 6.45) is 6.88. The van der Waals surface area contributed by atoms with Crippen LogP contribution in [0, 0.1) is 0 Å². The smallest absolute Gasteiger partial charge is 0.0913 e. The van der Waals surface area contributed by atoms with Crippen LogP contribution in [0.25, 0.3) is 22.2 Å². The zero-order valence-electron chi connectivity index (χ0n) is 12.8. The second-order valence-corrected chi connectivity index (χ2v) is 6.59. The predicted octanol–water partition coefficient (Wildman–Crippen LogP) is 4.56. The van der Waals surface area contributed by atoms with Crippen LogP contribution in [0.15, 0.2) is 43.0 Å². The molecule has 3 aromatic heterocycles. The Bertz CT molecular complexity index is 824. The first-order chi connectivity index (χ1) is 10.4. The molecule has 0 aliphatic carbocycles. The SMILES string of the molecule is CC(C)(C)Nc1cc(-c2ccncc2Cl)nc2cnccc12. The molecule has 0 spiro atoms. The van der Waals surface area contributed by atoms with Crippen LogP contribution in [0.2, 0.25) is 5.02 Å². The molecular formula is C17H17ClN4. The molecule has 0 atom stereocenters. The highest BCUT2D eigenvalue weighted by Crippen LogP contribution is 2.32.